The van der Waals surface area contributed by atoms with Gasteiger partial charge in [0, 0.05) is 15.7 Å². The Morgan fingerprint density at radius 2 is 1.90 bits per heavy atom. The van der Waals surface area contributed by atoms with Gasteiger partial charge in [0.2, 0.25) is 0 Å². The summed E-state index contributed by atoms with van der Waals surface area (Å²) in [6.07, 6.45) is 0.898. The van der Waals surface area contributed by atoms with Crippen molar-refractivity contribution in [2.75, 3.05) is 5.32 Å². The molecule has 0 aliphatic heterocycles. The van der Waals surface area contributed by atoms with E-state index in [9.17, 15) is 4.79 Å². The molecular formula is C17H18BrNO. The number of anilines is 1. The van der Waals surface area contributed by atoms with Crippen molar-refractivity contribution < 1.29 is 4.79 Å². The van der Waals surface area contributed by atoms with Crippen LogP contribution in [0.4, 0.5) is 5.69 Å². The van der Waals surface area contributed by atoms with Gasteiger partial charge in [0.05, 0.1) is 0 Å². The van der Waals surface area contributed by atoms with E-state index < -0.39 is 0 Å². The fraction of sp³-hybridized carbons (Fsp3) is 0.235. The van der Waals surface area contributed by atoms with Crippen LogP contribution in [-0.4, -0.2) is 5.91 Å². The highest BCUT2D eigenvalue weighted by atomic mass is 79.9. The van der Waals surface area contributed by atoms with Crippen molar-refractivity contribution in [2.45, 2.75) is 27.2 Å². The number of nitrogens with one attached hydrogen (secondary N) is 1. The molecule has 2 nitrogen and oxygen atoms in total. The van der Waals surface area contributed by atoms with Gasteiger partial charge in [-0.05, 0) is 49.1 Å². The maximum absolute atomic E-state index is 12.5. The second kappa shape index (κ2) is 6.23. The number of carbonyl (C=O) groups is 1. The molecular weight excluding hydrogens is 314 g/mol. The van der Waals surface area contributed by atoms with Gasteiger partial charge in [-0.1, -0.05) is 47.1 Å². The van der Waals surface area contributed by atoms with Crippen LogP contribution in [0.1, 0.15) is 34.0 Å². The van der Waals surface area contributed by atoms with Gasteiger partial charge in [-0.2, -0.15) is 0 Å². The van der Waals surface area contributed by atoms with Gasteiger partial charge in [0.25, 0.3) is 5.91 Å². The molecule has 0 saturated heterocycles. The van der Waals surface area contributed by atoms with E-state index in [-0.39, 0.29) is 5.91 Å². The minimum Gasteiger partial charge on any atom is -0.321 e. The lowest BCUT2D eigenvalue weighted by atomic mass is 10.0. The van der Waals surface area contributed by atoms with Gasteiger partial charge in [-0.25, -0.2) is 0 Å². The minimum absolute atomic E-state index is 0.0622. The highest BCUT2D eigenvalue weighted by Crippen LogP contribution is 2.23. The molecule has 0 atom stereocenters. The fourth-order valence-electron chi connectivity index (χ4n) is 2.22. The van der Waals surface area contributed by atoms with Crippen LogP contribution in [0, 0.1) is 13.8 Å². The van der Waals surface area contributed by atoms with Crippen molar-refractivity contribution >= 4 is 27.5 Å². The number of rotatable bonds is 3. The van der Waals surface area contributed by atoms with Crippen LogP contribution in [0.2, 0.25) is 0 Å². The SMILES string of the molecule is CCc1cccc(C)c1NC(=O)c1cc(Br)ccc1C. The van der Waals surface area contributed by atoms with Gasteiger partial charge < -0.3 is 5.32 Å². The van der Waals surface area contributed by atoms with Gasteiger partial charge in [0.1, 0.15) is 0 Å². The standard InChI is InChI=1S/C17H18BrNO/c1-4-13-7-5-6-12(3)16(13)19-17(20)15-10-14(18)9-8-11(15)2/h5-10H,4H2,1-3H3,(H,19,20). The quantitative estimate of drug-likeness (QED) is 0.853. The van der Waals surface area contributed by atoms with Crippen molar-refractivity contribution in [2.24, 2.45) is 0 Å². The molecule has 0 aliphatic carbocycles. The number of hydrogen-bond donors (Lipinski definition) is 1. The average molecular weight is 332 g/mol. The third-order valence-corrected chi connectivity index (χ3v) is 3.92. The molecule has 2 aromatic rings. The topological polar surface area (TPSA) is 29.1 Å². The van der Waals surface area contributed by atoms with E-state index in [1.807, 2.05) is 44.2 Å². The van der Waals surface area contributed by atoms with Crippen LogP contribution in [0.3, 0.4) is 0 Å². The minimum atomic E-state index is -0.0622. The van der Waals surface area contributed by atoms with E-state index >= 15 is 0 Å². The molecule has 0 bridgehead atoms. The normalized spacial score (nSPS) is 10.4. The van der Waals surface area contributed by atoms with E-state index in [1.165, 1.54) is 0 Å². The molecule has 1 N–H and O–H groups in total. The van der Waals surface area contributed by atoms with Crippen molar-refractivity contribution in [3.05, 3.63) is 63.1 Å². The van der Waals surface area contributed by atoms with Gasteiger partial charge >= 0.3 is 0 Å². The molecule has 2 aromatic carbocycles. The highest BCUT2D eigenvalue weighted by molar-refractivity contribution is 9.10. The monoisotopic (exact) mass is 331 g/mol. The number of carbonyl (C=O) groups excluding carboxylic acids is 1. The zero-order valence-corrected chi connectivity index (χ0v) is 13.5. The second-order valence-electron chi connectivity index (χ2n) is 4.88. The summed E-state index contributed by atoms with van der Waals surface area (Å²) in [5, 5.41) is 3.05. The van der Waals surface area contributed by atoms with Gasteiger partial charge in [-0.15, -0.1) is 0 Å². The first-order chi connectivity index (χ1) is 9.52. The number of amides is 1. The molecule has 0 radical (unpaired) electrons. The van der Waals surface area contributed by atoms with E-state index in [0.717, 1.165) is 33.3 Å². The third-order valence-electron chi connectivity index (χ3n) is 3.42. The van der Waals surface area contributed by atoms with E-state index in [1.54, 1.807) is 0 Å². The maximum Gasteiger partial charge on any atom is 0.255 e. The summed E-state index contributed by atoms with van der Waals surface area (Å²) in [5.41, 5.74) is 4.85. The van der Waals surface area contributed by atoms with E-state index in [0.29, 0.717) is 5.56 Å². The molecule has 3 heteroatoms. The average Bonchev–Trinajstić information content (AvgIpc) is 2.43. The molecule has 0 heterocycles. The predicted molar refractivity (Wildman–Crippen MR) is 87.4 cm³/mol. The molecule has 0 saturated carbocycles. The molecule has 0 fully saturated rings. The molecule has 0 aliphatic rings. The highest BCUT2D eigenvalue weighted by Gasteiger charge is 2.13. The maximum atomic E-state index is 12.5. The number of halogens is 1. The summed E-state index contributed by atoms with van der Waals surface area (Å²) in [4.78, 5) is 12.5. The van der Waals surface area contributed by atoms with Crippen molar-refractivity contribution in [3.63, 3.8) is 0 Å². The molecule has 104 valence electrons. The zero-order chi connectivity index (χ0) is 14.7. The Kier molecular flexibility index (Phi) is 4.61. The molecule has 20 heavy (non-hydrogen) atoms. The summed E-state index contributed by atoms with van der Waals surface area (Å²) >= 11 is 3.41. The second-order valence-corrected chi connectivity index (χ2v) is 5.79. The molecule has 0 aromatic heterocycles. The summed E-state index contributed by atoms with van der Waals surface area (Å²) in [5.74, 6) is -0.0622. The Balaban J connectivity index is 2.35. The van der Waals surface area contributed by atoms with Crippen LogP contribution in [0.15, 0.2) is 40.9 Å². The van der Waals surface area contributed by atoms with Gasteiger partial charge in [0.15, 0.2) is 0 Å². The molecule has 2 rings (SSSR count). The lowest BCUT2D eigenvalue weighted by molar-refractivity contribution is 0.102. The zero-order valence-electron chi connectivity index (χ0n) is 12.0. The first-order valence-corrected chi connectivity index (χ1v) is 7.48. The molecule has 0 spiro atoms. The lowest BCUT2D eigenvalue weighted by Crippen LogP contribution is -2.15. The smallest absolute Gasteiger partial charge is 0.255 e. The van der Waals surface area contributed by atoms with Crippen LogP contribution in [0.25, 0.3) is 0 Å². The summed E-state index contributed by atoms with van der Waals surface area (Å²) in [6.45, 7) is 6.05. The Morgan fingerprint density at radius 3 is 2.60 bits per heavy atom. The summed E-state index contributed by atoms with van der Waals surface area (Å²) < 4.78 is 0.911. The number of benzene rings is 2. The summed E-state index contributed by atoms with van der Waals surface area (Å²) in [6, 6.07) is 11.8. The fourth-order valence-corrected chi connectivity index (χ4v) is 2.58. The number of aryl methyl sites for hydroxylation is 3. The van der Waals surface area contributed by atoms with E-state index in [2.05, 4.69) is 34.2 Å². The van der Waals surface area contributed by atoms with Crippen LogP contribution >= 0.6 is 15.9 Å². The Bertz CT molecular complexity index is 649. The largest absolute Gasteiger partial charge is 0.321 e. The molecule has 1 amide bonds. The van der Waals surface area contributed by atoms with Crippen molar-refractivity contribution in [1.82, 2.24) is 0 Å². The number of para-hydroxylation sites is 1. The predicted octanol–water partition coefficient (Wildman–Crippen LogP) is 4.88. The van der Waals surface area contributed by atoms with Crippen LogP contribution < -0.4 is 5.32 Å². The van der Waals surface area contributed by atoms with E-state index in [4.69, 9.17) is 0 Å². The van der Waals surface area contributed by atoms with Crippen molar-refractivity contribution in [1.29, 1.82) is 0 Å². The molecule has 0 unspecified atom stereocenters. The van der Waals surface area contributed by atoms with Gasteiger partial charge in [-0.3, -0.25) is 4.79 Å². The van der Waals surface area contributed by atoms with Crippen LogP contribution in [-0.2, 0) is 6.42 Å². The lowest BCUT2D eigenvalue weighted by Gasteiger charge is -2.14. The third kappa shape index (κ3) is 3.10. The number of hydrogen-bond acceptors (Lipinski definition) is 1. The first-order valence-electron chi connectivity index (χ1n) is 6.69. The summed E-state index contributed by atoms with van der Waals surface area (Å²) in [7, 11) is 0. The van der Waals surface area contributed by atoms with Crippen LogP contribution in [0.5, 0.6) is 0 Å². The Labute approximate surface area is 128 Å². The van der Waals surface area contributed by atoms with Crippen molar-refractivity contribution in [3.8, 4) is 0 Å². The Hall–Kier alpha value is -1.61. The first kappa shape index (κ1) is 14.8. The Morgan fingerprint density at radius 1 is 1.15 bits per heavy atom.